The lowest BCUT2D eigenvalue weighted by molar-refractivity contribution is -0.112. The van der Waals surface area contributed by atoms with E-state index in [-0.39, 0.29) is 11.6 Å². The Morgan fingerprint density at radius 1 is 1.09 bits per heavy atom. The highest BCUT2D eigenvalue weighted by atomic mass is 19.1. The molecule has 0 saturated carbocycles. The summed E-state index contributed by atoms with van der Waals surface area (Å²) in [6, 6.07) is 11.4. The van der Waals surface area contributed by atoms with E-state index < -0.39 is 5.82 Å². The van der Waals surface area contributed by atoms with Gasteiger partial charge in [0.15, 0.2) is 11.5 Å². The Hall–Kier alpha value is -2.82. The van der Waals surface area contributed by atoms with Crippen molar-refractivity contribution in [3.63, 3.8) is 0 Å². The van der Waals surface area contributed by atoms with Crippen LogP contribution in [0.2, 0.25) is 0 Å². The van der Waals surface area contributed by atoms with Crippen LogP contribution in [0.1, 0.15) is 12.5 Å². The normalized spacial score (nSPS) is 11.0. The molecule has 23 heavy (non-hydrogen) atoms. The molecule has 2 aromatic rings. The molecule has 0 radical (unpaired) electrons. The molecule has 0 aliphatic rings. The van der Waals surface area contributed by atoms with Crippen LogP contribution in [0.5, 0.6) is 11.5 Å². The Morgan fingerprint density at radius 2 is 1.78 bits per heavy atom. The zero-order valence-electron chi connectivity index (χ0n) is 13.2. The maximum atomic E-state index is 13.6. The molecule has 0 aliphatic heterocycles. The Morgan fingerprint density at radius 3 is 2.43 bits per heavy atom. The number of nitrogens with one attached hydrogen (secondary N) is 1. The summed E-state index contributed by atoms with van der Waals surface area (Å²) in [4.78, 5) is 12.1. The van der Waals surface area contributed by atoms with Crippen molar-refractivity contribution in [2.24, 2.45) is 0 Å². The van der Waals surface area contributed by atoms with E-state index in [2.05, 4.69) is 5.32 Å². The van der Waals surface area contributed by atoms with Crippen molar-refractivity contribution in [1.29, 1.82) is 0 Å². The fourth-order valence-corrected chi connectivity index (χ4v) is 2.04. The van der Waals surface area contributed by atoms with Crippen molar-refractivity contribution in [2.45, 2.75) is 6.92 Å². The lowest BCUT2D eigenvalue weighted by Crippen LogP contribution is -2.13. The average Bonchev–Trinajstić information content (AvgIpc) is 2.56. The lowest BCUT2D eigenvalue weighted by atomic mass is 10.1. The number of halogens is 1. The zero-order valence-corrected chi connectivity index (χ0v) is 13.2. The molecule has 0 fully saturated rings. The van der Waals surface area contributed by atoms with Crippen molar-refractivity contribution in [1.82, 2.24) is 0 Å². The first-order chi connectivity index (χ1) is 11.0. The number of benzene rings is 2. The first kappa shape index (κ1) is 16.5. The van der Waals surface area contributed by atoms with Crippen LogP contribution in [-0.2, 0) is 4.79 Å². The molecule has 0 bridgehead atoms. The van der Waals surface area contributed by atoms with E-state index in [9.17, 15) is 9.18 Å². The van der Waals surface area contributed by atoms with Gasteiger partial charge in [-0.1, -0.05) is 18.2 Å². The van der Waals surface area contributed by atoms with Crippen LogP contribution >= 0.6 is 0 Å². The number of amides is 1. The summed E-state index contributed by atoms with van der Waals surface area (Å²) in [7, 11) is 3.10. The Bertz CT molecular complexity index is 741. The summed E-state index contributed by atoms with van der Waals surface area (Å²) in [6.45, 7) is 1.66. The monoisotopic (exact) mass is 315 g/mol. The Labute approximate surface area is 134 Å². The van der Waals surface area contributed by atoms with E-state index in [0.29, 0.717) is 17.1 Å². The Kier molecular flexibility index (Phi) is 5.36. The summed E-state index contributed by atoms with van der Waals surface area (Å²) in [5, 5.41) is 2.54. The molecule has 0 aliphatic carbocycles. The number of para-hydroxylation sites is 1. The molecule has 1 amide bonds. The third-order valence-electron chi connectivity index (χ3n) is 3.27. The molecule has 0 unspecified atom stereocenters. The van der Waals surface area contributed by atoms with Gasteiger partial charge in [0.2, 0.25) is 0 Å². The van der Waals surface area contributed by atoms with Gasteiger partial charge in [-0.15, -0.1) is 0 Å². The molecule has 0 atom stereocenters. The van der Waals surface area contributed by atoms with Crippen LogP contribution in [0.25, 0.3) is 6.08 Å². The fraction of sp³-hybridized carbons (Fsp3) is 0.167. The van der Waals surface area contributed by atoms with Gasteiger partial charge >= 0.3 is 0 Å². The van der Waals surface area contributed by atoms with Gasteiger partial charge in [0.1, 0.15) is 5.82 Å². The maximum absolute atomic E-state index is 13.6. The van der Waals surface area contributed by atoms with Gasteiger partial charge in [0, 0.05) is 5.57 Å². The minimum absolute atomic E-state index is 0.151. The van der Waals surface area contributed by atoms with Crippen LogP contribution in [0.3, 0.4) is 0 Å². The lowest BCUT2D eigenvalue weighted by Gasteiger charge is -2.09. The first-order valence-corrected chi connectivity index (χ1v) is 7.01. The highest BCUT2D eigenvalue weighted by molar-refractivity contribution is 6.06. The predicted molar refractivity (Wildman–Crippen MR) is 88.2 cm³/mol. The predicted octanol–water partition coefficient (Wildman–Crippen LogP) is 3.88. The summed E-state index contributed by atoms with van der Waals surface area (Å²) in [6.07, 6.45) is 1.69. The summed E-state index contributed by atoms with van der Waals surface area (Å²) in [5.41, 5.74) is 1.38. The molecule has 0 saturated heterocycles. The van der Waals surface area contributed by atoms with Crippen LogP contribution in [0.15, 0.2) is 48.0 Å². The number of hydrogen-bond acceptors (Lipinski definition) is 3. The molecule has 2 aromatic carbocycles. The quantitative estimate of drug-likeness (QED) is 0.852. The average molecular weight is 315 g/mol. The van der Waals surface area contributed by atoms with Crippen LogP contribution in [0.4, 0.5) is 10.1 Å². The van der Waals surface area contributed by atoms with Crippen molar-refractivity contribution in [3.05, 3.63) is 59.4 Å². The second kappa shape index (κ2) is 7.45. The van der Waals surface area contributed by atoms with Crippen molar-refractivity contribution < 1.29 is 18.7 Å². The van der Waals surface area contributed by atoms with E-state index in [1.54, 1.807) is 57.6 Å². The highest BCUT2D eigenvalue weighted by Crippen LogP contribution is 2.28. The smallest absolute Gasteiger partial charge is 0.251 e. The van der Waals surface area contributed by atoms with Gasteiger partial charge in [-0.05, 0) is 42.8 Å². The van der Waals surface area contributed by atoms with E-state index in [4.69, 9.17) is 9.47 Å². The first-order valence-electron chi connectivity index (χ1n) is 7.01. The summed E-state index contributed by atoms with van der Waals surface area (Å²) < 4.78 is 24.0. The number of rotatable bonds is 5. The number of methoxy groups -OCH3 is 2. The van der Waals surface area contributed by atoms with E-state index >= 15 is 0 Å². The number of ether oxygens (including phenoxy) is 2. The summed E-state index contributed by atoms with van der Waals surface area (Å²) >= 11 is 0. The molecule has 2 rings (SSSR count). The second-order valence-electron chi connectivity index (χ2n) is 4.88. The third-order valence-corrected chi connectivity index (χ3v) is 3.27. The van der Waals surface area contributed by atoms with Crippen LogP contribution in [-0.4, -0.2) is 20.1 Å². The van der Waals surface area contributed by atoms with Crippen LogP contribution in [0, 0.1) is 5.82 Å². The van der Waals surface area contributed by atoms with Gasteiger partial charge in [0.05, 0.1) is 19.9 Å². The SMILES string of the molecule is COc1ccc(/C=C(\C)C(=O)Nc2ccccc2F)cc1OC. The van der Waals surface area contributed by atoms with E-state index in [1.165, 1.54) is 12.1 Å². The largest absolute Gasteiger partial charge is 0.493 e. The van der Waals surface area contributed by atoms with Crippen molar-refractivity contribution >= 4 is 17.7 Å². The molecule has 5 heteroatoms. The third kappa shape index (κ3) is 4.10. The second-order valence-corrected chi connectivity index (χ2v) is 4.88. The molecule has 0 spiro atoms. The molecule has 0 aromatic heterocycles. The van der Waals surface area contributed by atoms with E-state index in [0.717, 1.165) is 5.56 Å². The van der Waals surface area contributed by atoms with Gasteiger partial charge in [-0.3, -0.25) is 4.79 Å². The highest BCUT2D eigenvalue weighted by Gasteiger charge is 2.09. The van der Waals surface area contributed by atoms with Crippen LogP contribution < -0.4 is 14.8 Å². The van der Waals surface area contributed by atoms with Gasteiger partial charge in [-0.25, -0.2) is 4.39 Å². The van der Waals surface area contributed by atoms with Gasteiger partial charge < -0.3 is 14.8 Å². The topological polar surface area (TPSA) is 47.6 Å². The number of carbonyl (C=O) groups is 1. The number of anilines is 1. The number of carbonyl (C=O) groups excluding carboxylic acids is 1. The molecular weight excluding hydrogens is 297 g/mol. The van der Waals surface area contributed by atoms with Gasteiger partial charge in [0.25, 0.3) is 5.91 Å². The van der Waals surface area contributed by atoms with Gasteiger partial charge in [-0.2, -0.15) is 0 Å². The molecular formula is C18H18FNO3. The maximum Gasteiger partial charge on any atom is 0.251 e. The van der Waals surface area contributed by atoms with Crippen molar-refractivity contribution in [3.8, 4) is 11.5 Å². The molecule has 120 valence electrons. The minimum Gasteiger partial charge on any atom is -0.493 e. The minimum atomic E-state index is -0.472. The molecule has 1 N–H and O–H groups in total. The molecule has 0 heterocycles. The van der Waals surface area contributed by atoms with Crippen molar-refractivity contribution in [2.75, 3.05) is 19.5 Å². The zero-order chi connectivity index (χ0) is 16.8. The van der Waals surface area contributed by atoms with E-state index in [1.807, 2.05) is 0 Å². The molecule has 4 nitrogen and oxygen atoms in total. The Balaban J connectivity index is 2.19. The standard InChI is InChI=1S/C18H18FNO3/c1-12(18(21)20-15-7-5-4-6-14(15)19)10-13-8-9-16(22-2)17(11-13)23-3/h4-11H,1-3H3,(H,20,21)/b12-10+. The summed E-state index contributed by atoms with van der Waals surface area (Å²) in [5.74, 6) is 0.339. The number of hydrogen-bond donors (Lipinski definition) is 1. The fourth-order valence-electron chi connectivity index (χ4n) is 2.04.